The van der Waals surface area contributed by atoms with Crippen molar-refractivity contribution in [2.24, 2.45) is 5.73 Å². The molecule has 0 heterocycles. The standard InChI is InChI=1S/C8H16N2/c9-6-7-10-8-4-2-1-3-5-8/h1-2,8,10H,3-7,9H2. The molecule has 0 spiro atoms. The average Bonchev–Trinajstić information content (AvgIpc) is 2.03. The van der Waals surface area contributed by atoms with Crippen molar-refractivity contribution in [3.05, 3.63) is 12.2 Å². The maximum atomic E-state index is 5.37. The predicted octanol–water partition coefficient (Wildman–Crippen LogP) is 0.643. The largest absolute Gasteiger partial charge is 0.329 e. The molecule has 0 bridgehead atoms. The summed E-state index contributed by atoms with van der Waals surface area (Å²) in [7, 11) is 0. The third-order valence-electron chi connectivity index (χ3n) is 1.85. The molecule has 0 aromatic heterocycles. The maximum absolute atomic E-state index is 5.37. The molecule has 1 aliphatic rings. The van der Waals surface area contributed by atoms with Crippen molar-refractivity contribution < 1.29 is 0 Å². The topological polar surface area (TPSA) is 38.0 Å². The molecule has 0 fully saturated rings. The van der Waals surface area contributed by atoms with Crippen molar-refractivity contribution in [1.82, 2.24) is 5.32 Å². The molecule has 0 saturated carbocycles. The summed E-state index contributed by atoms with van der Waals surface area (Å²) in [5.41, 5.74) is 5.37. The first-order chi connectivity index (χ1) is 4.93. The first-order valence-electron chi connectivity index (χ1n) is 4.02. The molecule has 0 amide bonds. The van der Waals surface area contributed by atoms with Crippen LogP contribution in [0.1, 0.15) is 19.3 Å². The maximum Gasteiger partial charge on any atom is 0.0105 e. The number of nitrogens with two attached hydrogens (primary N) is 1. The Balaban J connectivity index is 2.10. The highest BCUT2D eigenvalue weighted by molar-refractivity contribution is 4.92. The summed E-state index contributed by atoms with van der Waals surface area (Å²) in [6.07, 6.45) is 8.18. The van der Waals surface area contributed by atoms with Crippen LogP contribution in [0, 0.1) is 0 Å². The van der Waals surface area contributed by atoms with E-state index in [9.17, 15) is 0 Å². The number of allylic oxidation sites excluding steroid dienone is 1. The third kappa shape index (κ3) is 2.50. The van der Waals surface area contributed by atoms with Crippen LogP contribution in [-0.2, 0) is 0 Å². The molecule has 0 radical (unpaired) electrons. The number of hydrogen-bond acceptors (Lipinski definition) is 2. The fraction of sp³-hybridized carbons (Fsp3) is 0.750. The molecule has 58 valence electrons. The lowest BCUT2D eigenvalue weighted by Crippen LogP contribution is -2.33. The molecule has 10 heavy (non-hydrogen) atoms. The number of rotatable bonds is 3. The van der Waals surface area contributed by atoms with E-state index in [1.807, 2.05) is 0 Å². The van der Waals surface area contributed by atoms with Gasteiger partial charge in [0.1, 0.15) is 0 Å². The molecule has 1 unspecified atom stereocenters. The monoisotopic (exact) mass is 140 g/mol. The fourth-order valence-corrected chi connectivity index (χ4v) is 1.27. The molecule has 1 atom stereocenters. The van der Waals surface area contributed by atoms with Crippen LogP contribution in [0.2, 0.25) is 0 Å². The van der Waals surface area contributed by atoms with Crippen molar-refractivity contribution >= 4 is 0 Å². The first-order valence-corrected chi connectivity index (χ1v) is 4.02. The van der Waals surface area contributed by atoms with Crippen LogP contribution in [0.3, 0.4) is 0 Å². The number of hydrogen-bond donors (Lipinski definition) is 2. The molecule has 3 N–H and O–H groups in total. The molecular weight excluding hydrogens is 124 g/mol. The van der Waals surface area contributed by atoms with Crippen LogP contribution in [0.4, 0.5) is 0 Å². The van der Waals surface area contributed by atoms with E-state index in [0.717, 1.165) is 13.1 Å². The Kier molecular flexibility index (Phi) is 3.47. The summed E-state index contributed by atoms with van der Waals surface area (Å²) in [6, 6.07) is 0.688. The zero-order chi connectivity index (χ0) is 7.23. The highest BCUT2D eigenvalue weighted by Gasteiger charge is 2.06. The lowest BCUT2D eigenvalue weighted by Gasteiger charge is -2.18. The van der Waals surface area contributed by atoms with Gasteiger partial charge in [-0.25, -0.2) is 0 Å². The fourth-order valence-electron chi connectivity index (χ4n) is 1.27. The van der Waals surface area contributed by atoms with Gasteiger partial charge in [-0.2, -0.15) is 0 Å². The summed E-state index contributed by atoms with van der Waals surface area (Å²) in [5, 5.41) is 3.40. The second kappa shape index (κ2) is 4.47. The second-order valence-corrected chi connectivity index (χ2v) is 2.72. The van der Waals surface area contributed by atoms with Gasteiger partial charge in [0.05, 0.1) is 0 Å². The third-order valence-corrected chi connectivity index (χ3v) is 1.85. The van der Waals surface area contributed by atoms with Gasteiger partial charge in [0, 0.05) is 19.1 Å². The van der Waals surface area contributed by atoms with Gasteiger partial charge in [0.25, 0.3) is 0 Å². The smallest absolute Gasteiger partial charge is 0.0105 e. The average molecular weight is 140 g/mol. The zero-order valence-corrected chi connectivity index (χ0v) is 6.34. The first kappa shape index (κ1) is 7.76. The lowest BCUT2D eigenvalue weighted by molar-refractivity contribution is 0.481. The minimum Gasteiger partial charge on any atom is -0.329 e. The summed E-state index contributed by atoms with van der Waals surface area (Å²) in [5.74, 6) is 0. The quantitative estimate of drug-likeness (QED) is 0.565. The highest BCUT2D eigenvalue weighted by atomic mass is 14.9. The number of nitrogens with one attached hydrogen (secondary N) is 1. The minimum atomic E-state index is 0.688. The molecule has 1 aliphatic carbocycles. The van der Waals surface area contributed by atoms with Gasteiger partial charge in [0.2, 0.25) is 0 Å². The highest BCUT2D eigenvalue weighted by Crippen LogP contribution is 2.09. The normalized spacial score (nSPS) is 25.1. The van der Waals surface area contributed by atoms with Crippen LogP contribution in [0.5, 0.6) is 0 Å². The Morgan fingerprint density at radius 2 is 2.40 bits per heavy atom. The van der Waals surface area contributed by atoms with Crippen LogP contribution < -0.4 is 11.1 Å². The van der Waals surface area contributed by atoms with Gasteiger partial charge < -0.3 is 11.1 Å². The van der Waals surface area contributed by atoms with Crippen molar-refractivity contribution in [2.45, 2.75) is 25.3 Å². The van der Waals surface area contributed by atoms with E-state index in [2.05, 4.69) is 17.5 Å². The molecule has 0 aromatic rings. The van der Waals surface area contributed by atoms with Crippen LogP contribution in [0.25, 0.3) is 0 Å². The van der Waals surface area contributed by atoms with E-state index in [0.29, 0.717) is 6.04 Å². The summed E-state index contributed by atoms with van der Waals surface area (Å²) < 4.78 is 0. The van der Waals surface area contributed by atoms with E-state index in [4.69, 9.17) is 5.73 Å². The Morgan fingerprint density at radius 3 is 3.00 bits per heavy atom. The Labute approximate surface area is 62.5 Å². The van der Waals surface area contributed by atoms with Gasteiger partial charge in [-0.05, 0) is 19.3 Å². The second-order valence-electron chi connectivity index (χ2n) is 2.72. The van der Waals surface area contributed by atoms with E-state index in [1.165, 1.54) is 19.3 Å². The Bertz CT molecular complexity index is 110. The minimum absolute atomic E-state index is 0.688. The Morgan fingerprint density at radius 1 is 1.50 bits per heavy atom. The molecular formula is C8H16N2. The van der Waals surface area contributed by atoms with E-state index < -0.39 is 0 Å². The van der Waals surface area contributed by atoms with Crippen molar-refractivity contribution in [3.8, 4) is 0 Å². The van der Waals surface area contributed by atoms with Crippen molar-refractivity contribution in [3.63, 3.8) is 0 Å². The van der Waals surface area contributed by atoms with Gasteiger partial charge in [-0.3, -0.25) is 0 Å². The molecule has 1 rings (SSSR count). The van der Waals surface area contributed by atoms with Crippen molar-refractivity contribution in [1.29, 1.82) is 0 Å². The zero-order valence-electron chi connectivity index (χ0n) is 6.34. The van der Waals surface area contributed by atoms with Gasteiger partial charge in [-0.15, -0.1) is 0 Å². The van der Waals surface area contributed by atoms with E-state index in [1.54, 1.807) is 0 Å². The summed E-state index contributed by atoms with van der Waals surface area (Å²) >= 11 is 0. The van der Waals surface area contributed by atoms with Gasteiger partial charge in [-0.1, -0.05) is 12.2 Å². The summed E-state index contributed by atoms with van der Waals surface area (Å²) in [4.78, 5) is 0. The van der Waals surface area contributed by atoms with Crippen LogP contribution in [0.15, 0.2) is 12.2 Å². The van der Waals surface area contributed by atoms with E-state index >= 15 is 0 Å². The van der Waals surface area contributed by atoms with E-state index in [-0.39, 0.29) is 0 Å². The van der Waals surface area contributed by atoms with Gasteiger partial charge in [0.15, 0.2) is 0 Å². The molecule has 2 heteroatoms. The molecule has 0 aliphatic heterocycles. The Hall–Kier alpha value is -0.340. The lowest BCUT2D eigenvalue weighted by atomic mass is 10.0. The van der Waals surface area contributed by atoms with Crippen LogP contribution in [-0.4, -0.2) is 19.1 Å². The summed E-state index contributed by atoms with van der Waals surface area (Å²) in [6.45, 7) is 1.71. The van der Waals surface area contributed by atoms with Crippen molar-refractivity contribution in [2.75, 3.05) is 13.1 Å². The molecule has 2 nitrogen and oxygen atoms in total. The van der Waals surface area contributed by atoms with Gasteiger partial charge >= 0.3 is 0 Å². The predicted molar refractivity (Wildman–Crippen MR) is 43.8 cm³/mol. The molecule has 0 aromatic carbocycles. The molecule has 0 saturated heterocycles. The van der Waals surface area contributed by atoms with Crippen LogP contribution >= 0.6 is 0 Å². The SMILES string of the molecule is NCCNC1CC=CCC1.